The third-order valence-electron chi connectivity index (χ3n) is 5.09. The maximum Gasteiger partial charge on any atom is 0.118 e. The Kier molecular flexibility index (Phi) is 6.70. The van der Waals surface area contributed by atoms with Gasteiger partial charge in [-0.25, -0.2) is 0 Å². The van der Waals surface area contributed by atoms with Gasteiger partial charge in [0.2, 0.25) is 0 Å². The van der Waals surface area contributed by atoms with Crippen LogP contribution in [0.3, 0.4) is 0 Å². The molecule has 3 rings (SSSR count). The van der Waals surface area contributed by atoms with Gasteiger partial charge >= 0.3 is 0 Å². The van der Waals surface area contributed by atoms with Crippen LogP contribution >= 0.6 is 0 Å². The zero-order valence-electron chi connectivity index (χ0n) is 14.8. The Labute approximate surface area is 146 Å². The molecule has 0 radical (unpaired) electrons. The van der Waals surface area contributed by atoms with Crippen molar-refractivity contribution in [1.29, 1.82) is 0 Å². The van der Waals surface area contributed by atoms with Crippen LogP contribution in [0.25, 0.3) is 6.08 Å². The molecule has 1 atom stereocenters. The molecule has 1 aromatic carbocycles. The molecule has 4 nitrogen and oxygen atoms in total. The van der Waals surface area contributed by atoms with Crippen molar-refractivity contribution in [2.45, 2.75) is 25.3 Å². The molecule has 0 aliphatic carbocycles. The van der Waals surface area contributed by atoms with Gasteiger partial charge < -0.3 is 9.47 Å². The fraction of sp³-hybridized carbons (Fsp3) is 0.600. The number of hydrogen-bond donors (Lipinski definition) is 0. The summed E-state index contributed by atoms with van der Waals surface area (Å²) in [5.41, 5.74) is 1.23. The summed E-state index contributed by atoms with van der Waals surface area (Å²) in [6.45, 7) is 7.43. The van der Waals surface area contributed by atoms with E-state index in [-0.39, 0.29) is 0 Å². The summed E-state index contributed by atoms with van der Waals surface area (Å²) in [5, 5.41) is 0. The first kappa shape index (κ1) is 17.5. The van der Waals surface area contributed by atoms with Gasteiger partial charge in [0.15, 0.2) is 0 Å². The fourth-order valence-corrected chi connectivity index (χ4v) is 3.63. The number of likely N-dealkylation sites (tertiary alicyclic amines) is 1. The average molecular weight is 330 g/mol. The molecule has 0 spiro atoms. The lowest BCUT2D eigenvalue weighted by atomic mass is 10.0. The van der Waals surface area contributed by atoms with Crippen molar-refractivity contribution in [3.05, 3.63) is 35.9 Å². The first-order valence-corrected chi connectivity index (χ1v) is 9.20. The van der Waals surface area contributed by atoms with Crippen LogP contribution < -0.4 is 4.74 Å². The molecule has 2 aliphatic heterocycles. The molecule has 4 heteroatoms. The van der Waals surface area contributed by atoms with E-state index in [1.165, 1.54) is 37.9 Å². The molecule has 132 valence electrons. The van der Waals surface area contributed by atoms with Gasteiger partial charge in [-0.1, -0.05) is 30.7 Å². The van der Waals surface area contributed by atoms with Crippen LogP contribution in [0.5, 0.6) is 5.75 Å². The molecule has 0 saturated carbocycles. The Bertz CT molecular complexity index is 509. The molecule has 2 heterocycles. The molecular weight excluding hydrogens is 300 g/mol. The summed E-state index contributed by atoms with van der Waals surface area (Å²) in [6.07, 6.45) is 8.55. The molecule has 0 bridgehead atoms. The van der Waals surface area contributed by atoms with E-state index in [1.54, 1.807) is 7.11 Å². The Balaban J connectivity index is 1.51. The standard InChI is InChI=1S/C20H30N2O2/c1-23-20-9-7-18(8-10-20)5-4-12-22-11-3-2-6-19(22)17-21-13-15-24-16-14-21/h4-5,7-10,19H,2-3,6,11-17H2,1H3/b5-4+/t19-/m1/s1. The van der Waals surface area contributed by atoms with Crippen molar-refractivity contribution >= 4 is 6.08 Å². The Morgan fingerprint density at radius 2 is 1.92 bits per heavy atom. The zero-order valence-corrected chi connectivity index (χ0v) is 14.8. The number of nitrogens with zero attached hydrogens (tertiary/aromatic N) is 2. The second-order valence-corrected chi connectivity index (χ2v) is 6.73. The second kappa shape index (κ2) is 9.21. The van der Waals surface area contributed by atoms with E-state index in [2.05, 4.69) is 34.1 Å². The van der Waals surface area contributed by atoms with Crippen LogP contribution in [-0.4, -0.2) is 68.9 Å². The lowest BCUT2D eigenvalue weighted by Gasteiger charge is -2.39. The van der Waals surface area contributed by atoms with E-state index in [1.807, 2.05) is 12.1 Å². The first-order valence-electron chi connectivity index (χ1n) is 9.20. The summed E-state index contributed by atoms with van der Waals surface area (Å²) >= 11 is 0. The van der Waals surface area contributed by atoms with Crippen LogP contribution in [0.2, 0.25) is 0 Å². The lowest BCUT2D eigenvalue weighted by molar-refractivity contribution is 0.0186. The minimum absolute atomic E-state index is 0.692. The van der Waals surface area contributed by atoms with E-state index in [0.29, 0.717) is 6.04 Å². The van der Waals surface area contributed by atoms with Crippen LogP contribution in [-0.2, 0) is 4.74 Å². The number of piperidine rings is 1. The zero-order chi connectivity index (χ0) is 16.6. The molecule has 0 amide bonds. The largest absolute Gasteiger partial charge is 0.497 e. The third kappa shape index (κ3) is 5.07. The molecule has 0 aromatic heterocycles. The monoisotopic (exact) mass is 330 g/mol. The quantitative estimate of drug-likeness (QED) is 0.801. The minimum atomic E-state index is 0.692. The van der Waals surface area contributed by atoms with E-state index in [0.717, 1.165) is 38.6 Å². The Morgan fingerprint density at radius 1 is 1.12 bits per heavy atom. The highest BCUT2D eigenvalue weighted by molar-refractivity contribution is 5.50. The topological polar surface area (TPSA) is 24.9 Å². The SMILES string of the molecule is COc1ccc(/C=C/CN2CCCC[C@@H]2CN2CCOCC2)cc1. The Hall–Kier alpha value is -1.36. The number of morpholine rings is 1. The molecule has 24 heavy (non-hydrogen) atoms. The van der Waals surface area contributed by atoms with Crippen LogP contribution in [0.4, 0.5) is 0 Å². The predicted octanol–water partition coefficient (Wildman–Crippen LogP) is 2.90. The maximum atomic E-state index is 5.47. The molecule has 1 aromatic rings. The van der Waals surface area contributed by atoms with Gasteiger partial charge in [-0.2, -0.15) is 0 Å². The van der Waals surface area contributed by atoms with Gasteiger partial charge in [-0.15, -0.1) is 0 Å². The summed E-state index contributed by atoms with van der Waals surface area (Å²) in [7, 11) is 1.70. The highest BCUT2D eigenvalue weighted by Crippen LogP contribution is 2.19. The van der Waals surface area contributed by atoms with Gasteiger partial charge in [0.05, 0.1) is 20.3 Å². The van der Waals surface area contributed by atoms with E-state index in [9.17, 15) is 0 Å². The van der Waals surface area contributed by atoms with E-state index < -0.39 is 0 Å². The molecular formula is C20H30N2O2. The highest BCUT2D eigenvalue weighted by Gasteiger charge is 2.24. The van der Waals surface area contributed by atoms with Crippen molar-refractivity contribution in [1.82, 2.24) is 9.80 Å². The highest BCUT2D eigenvalue weighted by atomic mass is 16.5. The van der Waals surface area contributed by atoms with Crippen LogP contribution in [0.1, 0.15) is 24.8 Å². The van der Waals surface area contributed by atoms with E-state index >= 15 is 0 Å². The number of hydrogen-bond acceptors (Lipinski definition) is 4. The minimum Gasteiger partial charge on any atom is -0.497 e. The normalized spacial score (nSPS) is 23.6. The molecule has 2 fully saturated rings. The summed E-state index contributed by atoms with van der Waals surface area (Å²) in [5.74, 6) is 0.911. The summed E-state index contributed by atoms with van der Waals surface area (Å²) in [6, 6.07) is 8.94. The number of methoxy groups -OCH3 is 1. The van der Waals surface area contributed by atoms with Crippen molar-refractivity contribution in [3.8, 4) is 5.75 Å². The van der Waals surface area contributed by atoms with Crippen LogP contribution in [0.15, 0.2) is 30.3 Å². The lowest BCUT2D eigenvalue weighted by Crippen LogP contribution is -2.49. The van der Waals surface area contributed by atoms with Crippen molar-refractivity contribution in [2.75, 3.05) is 53.0 Å². The first-order chi connectivity index (χ1) is 11.8. The molecule has 2 aliphatic rings. The van der Waals surface area contributed by atoms with Gasteiger partial charge in [0.1, 0.15) is 5.75 Å². The number of ether oxygens (including phenoxy) is 2. The number of benzene rings is 1. The molecule has 0 unspecified atom stereocenters. The Morgan fingerprint density at radius 3 is 2.67 bits per heavy atom. The predicted molar refractivity (Wildman–Crippen MR) is 98.5 cm³/mol. The molecule has 0 N–H and O–H groups in total. The summed E-state index contributed by atoms with van der Waals surface area (Å²) in [4.78, 5) is 5.22. The smallest absolute Gasteiger partial charge is 0.118 e. The summed E-state index contributed by atoms with van der Waals surface area (Å²) < 4.78 is 10.7. The van der Waals surface area contributed by atoms with Crippen LogP contribution in [0, 0.1) is 0 Å². The second-order valence-electron chi connectivity index (χ2n) is 6.73. The van der Waals surface area contributed by atoms with Gasteiger partial charge in [0.25, 0.3) is 0 Å². The van der Waals surface area contributed by atoms with Gasteiger partial charge in [-0.3, -0.25) is 9.80 Å². The fourth-order valence-electron chi connectivity index (χ4n) is 3.63. The van der Waals surface area contributed by atoms with Crippen molar-refractivity contribution < 1.29 is 9.47 Å². The van der Waals surface area contributed by atoms with Crippen molar-refractivity contribution in [3.63, 3.8) is 0 Å². The van der Waals surface area contributed by atoms with Crippen molar-refractivity contribution in [2.24, 2.45) is 0 Å². The number of rotatable bonds is 6. The third-order valence-corrected chi connectivity index (χ3v) is 5.09. The van der Waals surface area contributed by atoms with E-state index in [4.69, 9.17) is 9.47 Å². The van der Waals surface area contributed by atoms with Gasteiger partial charge in [0, 0.05) is 32.2 Å². The molecule has 2 saturated heterocycles. The average Bonchev–Trinajstić information content (AvgIpc) is 2.64. The van der Waals surface area contributed by atoms with Gasteiger partial charge in [-0.05, 0) is 37.1 Å². The maximum absolute atomic E-state index is 5.47.